The average Bonchev–Trinajstić information content (AvgIpc) is 2.71. The number of benzene rings is 1. The molecule has 10 heteroatoms. The van der Waals surface area contributed by atoms with Gasteiger partial charge in [0.2, 0.25) is 15.9 Å². The van der Waals surface area contributed by atoms with E-state index in [1.165, 1.54) is 12.1 Å². The second-order valence-corrected chi connectivity index (χ2v) is 10.9. The van der Waals surface area contributed by atoms with Crippen molar-refractivity contribution < 1.29 is 26.4 Å². The maximum atomic E-state index is 13.7. The predicted octanol–water partition coefficient (Wildman–Crippen LogP) is 3.90. The van der Waals surface area contributed by atoms with Crippen LogP contribution < -0.4 is 4.72 Å². The van der Waals surface area contributed by atoms with Crippen LogP contribution >= 0.6 is 0 Å². The maximum Gasteiger partial charge on any atom is 0.416 e. The van der Waals surface area contributed by atoms with E-state index in [1.807, 2.05) is 4.90 Å². The number of carbonyl (C=O) groups excluding carboxylic acids is 1. The van der Waals surface area contributed by atoms with E-state index in [-0.39, 0.29) is 23.1 Å². The third-order valence-electron chi connectivity index (χ3n) is 6.55. The lowest BCUT2D eigenvalue weighted by atomic mass is 9.76. The predicted molar refractivity (Wildman–Crippen MR) is 118 cm³/mol. The number of amides is 1. The molecule has 1 aromatic rings. The molecule has 0 atom stereocenters. The SMILES string of the molecule is CC(C)N1CCN(C(=O)C2CCC(c3c(NS(C)(=O)=O)cccc3C(F)(F)F)CC2)CC1. The monoisotopic (exact) mass is 475 g/mol. The summed E-state index contributed by atoms with van der Waals surface area (Å²) >= 11 is 0. The molecular weight excluding hydrogens is 443 g/mol. The topological polar surface area (TPSA) is 69.7 Å². The zero-order valence-corrected chi connectivity index (χ0v) is 19.6. The average molecular weight is 476 g/mol. The van der Waals surface area contributed by atoms with Crippen molar-refractivity contribution in [3.63, 3.8) is 0 Å². The van der Waals surface area contributed by atoms with Crippen molar-refractivity contribution in [1.29, 1.82) is 0 Å². The number of hydrogen-bond donors (Lipinski definition) is 1. The van der Waals surface area contributed by atoms with Gasteiger partial charge in [0.15, 0.2) is 0 Å². The molecule has 1 heterocycles. The van der Waals surface area contributed by atoms with Gasteiger partial charge in [0, 0.05) is 38.1 Å². The molecule has 1 aromatic carbocycles. The second-order valence-electron chi connectivity index (χ2n) is 9.14. The Labute approximate surface area is 188 Å². The number of halogens is 3. The van der Waals surface area contributed by atoms with Gasteiger partial charge < -0.3 is 4.90 Å². The molecule has 0 bridgehead atoms. The van der Waals surface area contributed by atoms with Crippen molar-refractivity contribution in [2.45, 2.75) is 57.7 Å². The fourth-order valence-electron chi connectivity index (χ4n) is 4.89. The Morgan fingerprint density at radius 3 is 2.16 bits per heavy atom. The van der Waals surface area contributed by atoms with Crippen molar-refractivity contribution in [3.8, 4) is 0 Å². The Morgan fingerprint density at radius 1 is 1.06 bits per heavy atom. The first-order valence-electron chi connectivity index (χ1n) is 11.1. The number of piperazine rings is 1. The Balaban J connectivity index is 1.73. The van der Waals surface area contributed by atoms with Crippen LogP contribution in [0.25, 0.3) is 0 Å². The Bertz CT molecular complexity index is 918. The zero-order chi connectivity index (χ0) is 23.7. The van der Waals surface area contributed by atoms with Gasteiger partial charge in [-0.15, -0.1) is 0 Å². The second kappa shape index (κ2) is 9.59. The molecule has 1 N–H and O–H groups in total. The van der Waals surface area contributed by atoms with Crippen LogP contribution in [0.2, 0.25) is 0 Å². The molecule has 0 spiro atoms. The van der Waals surface area contributed by atoms with E-state index in [1.54, 1.807) is 0 Å². The lowest BCUT2D eigenvalue weighted by molar-refractivity contribution is -0.140. The summed E-state index contributed by atoms with van der Waals surface area (Å²) in [6.07, 6.45) is -1.85. The molecule has 3 rings (SSSR count). The van der Waals surface area contributed by atoms with E-state index in [0.717, 1.165) is 25.4 Å². The van der Waals surface area contributed by atoms with Crippen LogP contribution in [0.5, 0.6) is 0 Å². The van der Waals surface area contributed by atoms with Gasteiger partial charge in [0.1, 0.15) is 0 Å². The number of nitrogens with zero attached hydrogens (tertiary/aromatic N) is 2. The molecular formula is C22H32F3N3O3S. The summed E-state index contributed by atoms with van der Waals surface area (Å²) in [5, 5.41) is 0. The minimum Gasteiger partial charge on any atom is -0.340 e. The molecule has 0 aromatic heterocycles. The maximum absolute atomic E-state index is 13.7. The number of hydrogen-bond acceptors (Lipinski definition) is 4. The van der Waals surface area contributed by atoms with Gasteiger partial charge in [0.25, 0.3) is 0 Å². The number of carbonyl (C=O) groups is 1. The van der Waals surface area contributed by atoms with Crippen molar-refractivity contribution in [2.24, 2.45) is 5.92 Å². The molecule has 0 radical (unpaired) electrons. The van der Waals surface area contributed by atoms with Crippen LogP contribution in [0.1, 0.15) is 56.6 Å². The van der Waals surface area contributed by atoms with Crippen LogP contribution in [0.15, 0.2) is 18.2 Å². The summed E-state index contributed by atoms with van der Waals surface area (Å²) in [6, 6.07) is 4.02. The fourth-order valence-corrected chi connectivity index (χ4v) is 5.46. The van der Waals surface area contributed by atoms with Crippen LogP contribution in [0, 0.1) is 5.92 Å². The van der Waals surface area contributed by atoms with Crippen LogP contribution in [0.3, 0.4) is 0 Å². The molecule has 1 amide bonds. The molecule has 0 unspecified atom stereocenters. The van der Waals surface area contributed by atoms with Gasteiger partial charge in [-0.3, -0.25) is 14.4 Å². The highest BCUT2D eigenvalue weighted by Crippen LogP contribution is 2.45. The number of rotatable bonds is 5. The van der Waals surface area contributed by atoms with E-state index in [2.05, 4.69) is 23.5 Å². The van der Waals surface area contributed by atoms with Crippen molar-refractivity contribution in [2.75, 3.05) is 37.2 Å². The number of alkyl halides is 3. The summed E-state index contributed by atoms with van der Waals surface area (Å²) in [7, 11) is -3.73. The number of nitrogens with one attached hydrogen (secondary N) is 1. The molecule has 6 nitrogen and oxygen atoms in total. The molecule has 32 heavy (non-hydrogen) atoms. The smallest absolute Gasteiger partial charge is 0.340 e. The highest BCUT2D eigenvalue weighted by atomic mass is 32.2. The van der Waals surface area contributed by atoms with E-state index in [0.29, 0.717) is 44.8 Å². The van der Waals surface area contributed by atoms with Gasteiger partial charge in [-0.05, 0) is 63.1 Å². The fraction of sp³-hybridized carbons (Fsp3) is 0.682. The quantitative estimate of drug-likeness (QED) is 0.701. The largest absolute Gasteiger partial charge is 0.416 e. The summed E-state index contributed by atoms with van der Waals surface area (Å²) in [5.41, 5.74) is -0.852. The minimum atomic E-state index is -4.59. The number of sulfonamides is 1. The highest BCUT2D eigenvalue weighted by molar-refractivity contribution is 7.92. The Kier molecular flexibility index (Phi) is 7.44. The van der Waals surface area contributed by atoms with Crippen LogP contribution in [0.4, 0.5) is 18.9 Å². The zero-order valence-electron chi connectivity index (χ0n) is 18.8. The first-order valence-corrected chi connectivity index (χ1v) is 13.0. The molecule has 1 aliphatic carbocycles. The van der Waals surface area contributed by atoms with Crippen molar-refractivity contribution in [3.05, 3.63) is 29.3 Å². The van der Waals surface area contributed by atoms with Gasteiger partial charge in [-0.25, -0.2) is 8.42 Å². The van der Waals surface area contributed by atoms with Gasteiger partial charge in [-0.2, -0.15) is 13.2 Å². The lowest BCUT2D eigenvalue weighted by Crippen LogP contribution is -2.52. The molecule has 2 fully saturated rings. The van der Waals surface area contributed by atoms with Gasteiger partial charge >= 0.3 is 6.18 Å². The first kappa shape index (κ1) is 24.8. The van der Waals surface area contributed by atoms with E-state index >= 15 is 0 Å². The molecule has 1 aliphatic heterocycles. The number of anilines is 1. The summed E-state index contributed by atoms with van der Waals surface area (Å²) in [6.45, 7) is 7.28. The lowest BCUT2D eigenvalue weighted by Gasteiger charge is -2.39. The standard InChI is InChI=1S/C22H32F3N3O3S/c1-15(2)27-11-13-28(14-12-27)21(29)17-9-7-16(8-10-17)20-18(22(23,24)25)5-4-6-19(20)26-32(3,30)31/h4-6,15-17,26H,7-14H2,1-3H3. The van der Waals surface area contributed by atoms with E-state index < -0.39 is 27.7 Å². The summed E-state index contributed by atoms with van der Waals surface area (Å²) < 4.78 is 66.8. The highest BCUT2D eigenvalue weighted by Gasteiger charge is 2.39. The van der Waals surface area contributed by atoms with Gasteiger partial charge in [-0.1, -0.05) is 6.07 Å². The van der Waals surface area contributed by atoms with Gasteiger partial charge in [0.05, 0.1) is 17.5 Å². The summed E-state index contributed by atoms with van der Waals surface area (Å²) in [4.78, 5) is 17.2. The van der Waals surface area contributed by atoms with Crippen molar-refractivity contribution in [1.82, 2.24) is 9.80 Å². The minimum absolute atomic E-state index is 0.0122. The molecule has 1 saturated carbocycles. The van der Waals surface area contributed by atoms with Crippen LogP contribution in [-0.2, 0) is 21.0 Å². The van der Waals surface area contributed by atoms with Crippen molar-refractivity contribution >= 4 is 21.6 Å². The molecule has 180 valence electrons. The first-order chi connectivity index (χ1) is 14.9. The molecule has 1 saturated heterocycles. The van der Waals surface area contributed by atoms with Crippen LogP contribution in [-0.4, -0.2) is 62.6 Å². The van der Waals surface area contributed by atoms with E-state index in [4.69, 9.17) is 0 Å². The Morgan fingerprint density at radius 2 is 1.66 bits per heavy atom. The normalized spacial score (nSPS) is 23.4. The summed E-state index contributed by atoms with van der Waals surface area (Å²) in [5.74, 6) is -0.564. The third kappa shape index (κ3) is 5.95. The molecule has 2 aliphatic rings. The van der Waals surface area contributed by atoms with E-state index in [9.17, 15) is 26.4 Å². The third-order valence-corrected chi connectivity index (χ3v) is 7.14. The Hall–Kier alpha value is -1.81.